The number of carbonyl (C=O) groups excluding carboxylic acids is 2. The molecule has 1 atom stereocenters. The Morgan fingerprint density at radius 1 is 0.786 bits per heavy atom. The van der Waals surface area contributed by atoms with Crippen LogP contribution in [0.3, 0.4) is 0 Å². The molecule has 42 heavy (non-hydrogen) atoms. The average Bonchev–Trinajstić information content (AvgIpc) is 3.02. The summed E-state index contributed by atoms with van der Waals surface area (Å²) in [6.45, 7) is 2.85. The first-order valence-electron chi connectivity index (χ1n) is 13.7. The highest BCUT2D eigenvalue weighted by Gasteiger charge is 2.32. The summed E-state index contributed by atoms with van der Waals surface area (Å²) in [6.07, 6.45) is -4.25. The Morgan fingerprint density at radius 2 is 1.40 bits per heavy atom. The maximum Gasteiger partial charge on any atom is 0.416 e. The number of methoxy groups -OCH3 is 1. The van der Waals surface area contributed by atoms with E-state index in [1.54, 1.807) is 24.3 Å². The quantitative estimate of drug-likeness (QED) is 0.171. The van der Waals surface area contributed by atoms with Crippen molar-refractivity contribution in [2.24, 2.45) is 0 Å². The topological polar surface area (TPSA) is 49.9 Å². The van der Waals surface area contributed by atoms with E-state index < -0.39 is 17.8 Å². The first-order chi connectivity index (χ1) is 20.2. The van der Waals surface area contributed by atoms with Crippen LogP contribution in [0.15, 0.2) is 103 Å². The number of alkyl halides is 3. The first-order valence-corrected chi connectivity index (χ1v) is 13.7. The molecule has 5 rings (SSSR count). The molecule has 0 N–H and O–H groups in total. The van der Waals surface area contributed by atoms with Gasteiger partial charge in [-0.2, -0.15) is 13.2 Å². The second-order valence-corrected chi connectivity index (χ2v) is 10.2. The largest absolute Gasteiger partial charge is 0.468 e. The molecule has 8 heteroatoms. The van der Waals surface area contributed by atoms with Crippen LogP contribution in [0.4, 0.5) is 18.9 Å². The van der Waals surface area contributed by atoms with Crippen LogP contribution in [0.25, 0.3) is 11.1 Å². The van der Waals surface area contributed by atoms with Gasteiger partial charge < -0.3 is 9.64 Å². The molecule has 0 saturated carbocycles. The van der Waals surface area contributed by atoms with Gasteiger partial charge in [-0.15, -0.1) is 0 Å². The Morgan fingerprint density at radius 3 is 2.02 bits per heavy atom. The second-order valence-electron chi connectivity index (χ2n) is 10.2. The zero-order valence-corrected chi connectivity index (χ0v) is 23.2. The minimum atomic E-state index is -4.42. The molecule has 0 spiro atoms. The van der Waals surface area contributed by atoms with Crippen LogP contribution in [0, 0.1) is 0 Å². The lowest BCUT2D eigenvalue weighted by Crippen LogP contribution is -2.49. The van der Waals surface area contributed by atoms with Gasteiger partial charge in [0.05, 0.1) is 12.7 Å². The van der Waals surface area contributed by atoms with E-state index in [0.717, 1.165) is 42.0 Å². The Balaban J connectivity index is 1.23. The van der Waals surface area contributed by atoms with Crippen LogP contribution in [-0.4, -0.2) is 49.9 Å². The number of esters is 1. The summed E-state index contributed by atoms with van der Waals surface area (Å²) < 4.78 is 44.1. The maximum atomic E-state index is 13.3. The number of halogens is 3. The zero-order chi connectivity index (χ0) is 29.7. The number of Topliss-reactive ketones (excluding diaryl/α,β-unsaturated/α-hetero) is 1. The molecule has 1 saturated heterocycles. The highest BCUT2D eigenvalue weighted by atomic mass is 19.4. The highest BCUT2D eigenvalue weighted by Crippen LogP contribution is 2.32. The molecular formula is C34H31F3N2O3. The number of carbonyl (C=O) groups is 2. The Labute approximate surface area is 243 Å². The van der Waals surface area contributed by atoms with Gasteiger partial charge in [0.1, 0.15) is 6.04 Å². The van der Waals surface area contributed by atoms with Crippen LogP contribution in [0.2, 0.25) is 0 Å². The molecule has 1 aliphatic rings. The van der Waals surface area contributed by atoms with E-state index in [0.29, 0.717) is 29.8 Å². The summed E-state index contributed by atoms with van der Waals surface area (Å²) in [5.74, 6) is -0.384. The maximum absolute atomic E-state index is 13.3. The number of hydrogen-bond acceptors (Lipinski definition) is 5. The Bertz CT molecular complexity index is 1510. The molecular weight excluding hydrogens is 541 g/mol. The lowest BCUT2D eigenvalue weighted by atomic mass is 9.93. The molecule has 0 aromatic heterocycles. The van der Waals surface area contributed by atoms with Crippen molar-refractivity contribution in [3.8, 4) is 11.1 Å². The molecule has 1 fully saturated rings. The zero-order valence-electron chi connectivity index (χ0n) is 23.2. The molecule has 0 amide bonds. The van der Waals surface area contributed by atoms with Gasteiger partial charge in [-0.1, -0.05) is 78.9 Å². The fourth-order valence-electron chi connectivity index (χ4n) is 5.40. The number of benzene rings is 4. The lowest BCUT2D eigenvalue weighted by molar-refractivity contribution is -0.147. The van der Waals surface area contributed by atoms with Crippen molar-refractivity contribution >= 4 is 17.4 Å². The number of anilines is 1. The normalized spacial score (nSPS) is 14.8. The molecule has 1 aliphatic heterocycles. The van der Waals surface area contributed by atoms with E-state index in [9.17, 15) is 22.8 Å². The van der Waals surface area contributed by atoms with Crippen molar-refractivity contribution in [1.82, 2.24) is 4.90 Å². The smallest absolute Gasteiger partial charge is 0.416 e. The van der Waals surface area contributed by atoms with Gasteiger partial charge in [0.15, 0.2) is 5.78 Å². The predicted octanol–water partition coefficient (Wildman–Crippen LogP) is 6.83. The van der Waals surface area contributed by atoms with Gasteiger partial charge in [0, 0.05) is 43.9 Å². The van der Waals surface area contributed by atoms with Crippen LogP contribution in [-0.2, 0) is 22.1 Å². The average molecular weight is 573 g/mol. The third-order valence-corrected chi connectivity index (χ3v) is 7.64. The third-order valence-electron chi connectivity index (χ3n) is 7.64. The van der Waals surface area contributed by atoms with E-state index in [-0.39, 0.29) is 18.2 Å². The van der Waals surface area contributed by atoms with E-state index >= 15 is 0 Å². The molecule has 0 bridgehead atoms. The molecule has 216 valence electrons. The molecule has 1 unspecified atom stereocenters. The lowest BCUT2D eigenvalue weighted by Gasteiger charge is -2.39. The Kier molecular flexibility index (Phi) is 8.73. The van der Waals surface area contributed by atoms with Crippen molar-refractivity contribution in [2.75, 3.05) is 38.2 Å². The van der Waals surface area contributed by atoms with Crippen molar-refractivity contribution in [2.45, 2.75) is 18.6 Å². The molecule has 0 aliphatic carbocycles. The van der Waals surface area contributed by atoms with Gasteiger partial charge in [-0.25, -0.2) is 4.79 Å². The van der Waals surface area contributed by atoms with Crippen molar-refractivity contribution in [3.05, 3.63) is 125 Å². The molecule has 4 aromatic carbocycles. The molecule has 4 aromatic rings. The van der Waals surface area contributed by atoms with Gasteiger partial charge in [-0.3, -0.25) is 9.69 Å². The second kappa shape index (κ2) is 12.6. The number of nitrogens with zero attached hydrogens (tertiary/aromatic N) is 2. The van der Waals surface area contributed by atoms with E-state index in [4.69, 9.17) is 4.74 Å². The summed E-state index contributed by atoms with van der Waals surface area (Å²) in [4.78, 5) is 30.3. The minimum Gasteiger partial charge on any atom is -0.468 e. The van der Waals surface area contributed by atoms with E-state index in [2.05, 4.69) is 9.80 Å². The number of ketones is 1. The number of rotatable bonds is 8. The van der Waals surface area contributed by atoms with Crippen molar-refractivity contribution in [1.29, 1.82) is 0 Å². The minimum absolute atomic E-state index is 0.110. The van der Waals surface area contributed by atoms with E-state index in [1.165, 1.54) is 19.2 Å². The molecule has 1 heterocycles. The summed E-state index contributed by atoms with van der Waals surface area (Å²) in [6, 6.07) is 28.9. The number of piperazine rings is 1. The van der Waals surface area contributed by atoms with Gasteiger partial charge in [0.2, 0.25) is 0 Å². The van der Waals surface area contributed by atoms with Crippen molar-refractivity contribution in [3.63, 3.8) is 0 Å². The Hall–Kier alpha value is -4.43. The van der Waals surface area contributed by atoms with Crippen LogP contribution in [0.5, 0.6) is 0 Å². The van der Waals surface area contributed by atoms with E-state index in [1.807, 2.05) is 54.6 Å². The fourth-order valence-corrected chi connectivity index (χ4v) is 5.40. The summed E-state index contributed by atoms with van der Waals surface area (Å²) in [5, 5.41) is 0. The summed E-state index contributed by atoms with van der Waals surface area (Å²) in [5.41, 5.74) is 3.69. The summed E-state index contributed by atoms with van der Waals surface area (Å²) >= 11 is 0. The molecule has 5 nitrogen and oxygen atoms in total. The number of ether oxygens (including phenoxy) is 1. The standard InChI is InChI=1S/C34H31F3N2O3/c1-42-33(41)32(26-7-3-2-4-8-26)39-21-19-38(20-22-39)28-17-11-24(12-18-28)23-31(40)30-10-6-5-9-29(30)25-13-15-27(16-14-25)34(35,36)37/h2-18,32H,19-23H2,1H3. The summed E-state index contributed by atoms with van der Waals surface area (Å²) in [7, 11) is 1.41. The number of hydrogen-bond donors (Lipinski definition) is 0. The molecule has 0 radical (unpaired) electrons. The van der Waals surface area contributed by atoms with Crippen LogP contribution >= 0.6 is 0 Å². The van der Waals surface area contributed by atoms with Crippen LogP contribution in [0.1, 0.15) is 33.1 Å². The van der Waals surface area contributed by atoms with Gasteiger partial charge >= 0.3 is 12.1 Å². The first kappa shape index (κ1) is 29.1. The highest BCUT2D eigenvalue weighted by molar-refractivity contribution is 6.03. The van der Waals surface area contributed by atoms with Gasteiger partial charge in [-0.05, 0) is 46.5 Å². The SMILES string of the molecule is COC(=O)C(c1ccccc1)N1CCN(c2ccc(CC(=O)c3ccccc3-c3ccc(C(F)(F)F)cc3)cc2)CC1. The van der Waals surface area contributed by atoms with Crippen molar-refractivity contribution < 1.29 is 27.5 Å². The van der Waals surface area contributed by atoms with Gasteiger partial charge in [0.25, 0.3) is 0 Å². The van der Waals surface area contributed by atoms with Crippen LogP contribution < -0.4 is 4.90 Å². The predicted molar refractivity (Wildman–Crippen MR) is 156 cm³/mol. The monoisotopic (exact) mass is 572 g/mol. The third kappa shape index (κ3) is 6.55. The fraction of sp³-hybridized carbons (Fsp3) is 0.235.